The van der Waals surface area contributed by atoms with E-state index in [1.54, 1.807) is 0 Å². The van der Waals surface area contributed by atoms with E-state index >= 15 is 0 Å². The Balaban J connectivity index is 2.81. The molecule has 0 spiro atoms. The lowest BCUT2D eigenvalue weighted by Gasteiger charge is -2.07. The van der Waals surface area contributed by atoms with Crippen LogP contribution in [-0.4, -0.2) is 10.1 Å². The Labute approximate surface area is 93.5 Å². The molecule has 0 unspecified atom stereocenters. The molecule has 1 N–H and O–H groups in total. The van der Waals surface area contributed by atoms with E-state index in [9.17, 15) is 0 Å². The Morgan fingerprint density at radius 1 is 1.27 bits per heavy atom. The quantitative estimate of drug-likeness (QED) is 0.803. The largest absolute Gasteiger partial charge is 0.392 e. The number of halogens is 1. The lowest BCUT2D eigenvalue weighted by Crippen LogP contribution is -1.92. The van der Waals surface area contributed by atoms with Crippen LogP contribution in [0, 0.1) is 13.8 Å². The van der Waals surface area contributed by atoms with Crippen molar-refractivity contribution in [1.82, 2.24) is 4.98 Å². The summed E-state index contributed by atoms with van der Waals surface area (Å²) in [6.07, 6.45) is 0. The summed E-state index contributed by atoms with van der Waals surface area (Å²) >= 11 is 6.13. The molecule has 1 aromatic heterocycles. The van der Waals surface area contributed by atoms with Crippen LogP contribution in [0.3, 0.4) is 0 Å². The molecule has 2 aromatic rings. The van der Waals surface area contributed by atoms with Crippen molar-refractivity contribution in [2.24, 2.45) is 0 Å². The molecular formula is C12H12ClNO. The van der Waals surface area contributed by atoms with Crippen LogP contribution in [0.25, 0.3) is 10.9 Å². The van der Waals surface area contributed by atoms with E-state index in [2.05, 4.69) is 4.98 Å². The van der Waals surface area contributed by atoms with Crippen LogP contribution < -0.4 is 0 Å². The lowest BCUT2D eigenvalue weighted by molar-refractivity contribution is 0.281. The fourth-order valence-corrected chi connectivity index (χ4v) is 1.99. The summed E-state index contributed by atoms with van der Waals surface area (Å²) < 4.78 is 0. The maximum atomic E-state index is 9.16. The Morgan fingerprint density at radius 3 is 2.67 bits per heavy atom. The van der Waals surface area contributed by atoms with Crippen LogP contribution >= 0.6 is 11.6 Å². The number of benzene rings is 1. The lowest BCUT2D eigenvalue weighted by atomic mass is 10.1. The smallest absolute Gasteiger partial charge is 0.0723 e. The van der Waals surface area contributed by atoms with Gasteiger partial charge >= 0.3 is 0 Å². The molecule has 2 nitrogen and oxygen atoms in total. The summed E-state index contributed by atoms with van der Waals surface area (Å²) in [5.74, 6) is 0. The van der Waals surface area contributed by atoms with Crippen LogP contribution in [0.2, 0.25) is 5.02 Å². The van der Waals surface area contributed by atoms with E-state index in [1.165, 1.54) is 0 Å². The molecule has 0 amide bonds. The zero-order valence-corrected chi connectivity index (χ0v) is 9.47. The molecule has 3 heteroatoms. The Morgan fingerprint density at radius 2 is 2.00 bits per heavy atom. The van der Waals surface area contributed by atoms with Crippen LogP contribution in [-0.2, 0) is 6.61 Å². The van der Waals surface area contributed by atoms with Crippen LogP contribution in [0.5, 0.6) is 0 Å². The summed E-state index contributed by atoms with van der Waals surface area (Å²) in [7, 11) is 0. The highest BCUT2D eigenvalue weighted by Crippen LogP contribution is 2.26. The molecule has 0 radical (unpaired) electrons. The summed E-state index contributed by atoms with van der Waals surface area (Å²) in [6, 6.07) is 5.71. The SMILES string of the molecule is Cc1cc(Cl)c2cc(C)c(CO)cc2n1. The molecule has 2 rings (SSSR count). The van der Waals surface area contributed by atoms with Crippen molar-refractivity contribution in [1.29, 1.82) is 0 Å². The number of rotatable bonds is 1. The molecule has 0 saturated carbocycles. The molecule has 0 atom stereocenters. The predicted octanol–water partition coefficient (Wildman–Crippen LogP) is 3.00. The molecule has 0 bridgehead atoms. The van der Waals surface area contributed by atoms with Crippen LogP contribution in [0.1, 0.15) is 16.8 Å². The van der Waals surface area contributed by atoms with Crippen molar-refractivity contribution in [3.05, 3.63) is 40.0 Å². The number of pyridine rings is 1. The fourth-order valence-electron chi connectivity index (χ4n) is 1.68. The first-order chi connectivity index (χ1) is 7.11. The van der Waals surface area contributed by atoms with Gasteiger partial charge in [-0.15, -0.1) is 0 Å². The third kappa shape index (κ3) is 1.83. The average molecular weight is 222 g/mol. The van der Waals surface area contributed by atoms with Gasteiger partial charge in [-0.05, 0) is 43.2 Å². The highest BCUT2D eigenvalue weighted by molar-refractivity contribution is 6.35. The van der Waals surface area contributed by atoms with Gasteiger partial charge in [0.2, 0.25) is 0 Å². The van der Waals surface area contributed by atoms with Crippen molar-refractivity contribution in [3.8, 4) is 0 Å². The predicted molar refractivity (Wildman–Crippen MR) is 62.1 cm³/mol. The monoisotopic (exact) mass is 221 g/mol. The minimum Gasteiger partial charge on any atom is -0.392 e. The van der Waals surface area contributed by atoms with E-state index in [0.717, 1.165) is 27.7 Å². The van der Waals surface area contributed by atoms with Gasteiger partial charge in [-0.1, -0.05) is 11.6 Å². The molecule has 0 aliphatic heterocycles. The second-order valence-electron chi connectivity index (χ2n) is 3.70. The molecule has 1 heterocycles. The van der Waals surface area contributed by atoms with Crippen molar-refractivity contribution in [2.75, 3.05) is 0 Å². The Hall–Kier alpha value is -1.12. The van der Waals surface area contributed by atoms with E-state index in [-0.39, 0.29) is 6.61 Å². The van der Waals surface area contributed by atoms with Gasteiger partial charge in [-0.3, -0.25) is 4.98 Å². The van der Waals surface area contributed by atoms with Gasteiger partial charge in [0.1, 0.15) is 0 Å². The van der Waals surface area contributed by atoms with Gasteiger partial charge in [0, 0.05) is 11.1 Å². The first-order valence-electron chi connectivity index (χ1n) is 4.79. The molecular weight excluding hydrogens is 210 g/mol. The zero-order chi connectivity index (χ0) is 11.0. The van der Waals surface area contributed by atoms with Crippen molar-refractivity contribution >= 4 is 22.5 Å². The third-order valence-corrected chi connectivity index (χ3v) is 2.83. The average Bonchev–Trinajstić information content (AvgIpc) is 2.18. The van der Waals surface area contributed by atoms with Gasteiger partial charge in [-0.25, -0.2) is 0 Å². The number of aliphatic hydroxyl groups excluding tert-OH is 1. The summed E-state index contributed by atoms with van der Waals surface area (Å²) in [5.41, 5.74) is 3.67. The second kappa shape index (κ2) is 3.80. The van der Waals surface area contributed by atoms with Gasteiger partial charge in [0.05, 0.1) is 17.1 Å². The Bertz CT molecular complexity index is 523. The van der Waals surface area contributed by atoms with Crippen molar-refractivity contribution in [2.45, 2.75) is 20.5 Å². The summed E-state index contributed by atoms with van der Waals surface area (Å²) in [6.45, 7) is 3.90. The van der Waals surface area contributed by atoms with Gasteiger partial charge < -0.3 is 5.11 Å². The van der Waals surface area contributed by atoms with Gasteiger partial charge in [0.25, 0.3) is 0 Å². The van der Waals surface area contributed by atoms with Crippen LogP contribution in [0.4, 0.5) is 0 Å². The number of aliphatic hydroxyl groups is 1. The topological polar surface area (TPSA) is 33.1 Å². The number of nitrogens with zero attached hydrogens (tertiary/aromatic N) is 1. The minimum absolute atomic E-state index is 0.0367. The number of aryl methyl sites for hydroxylation is 2. The number of aromatic nitrogens is 1. The number of hydrogen-bond acceptors (Lipinski definition) is 2. The van der Waals surface area contributed by atoms with Crippen LogP contribution in [0.15, 0.2) is 18.2 Å². The number of hydrogen-bond donors (Lipinski definition) is 1. The maximum absolute atomic E-state index is 9.16. The minimum atomic E-state index is 0.0367. The molecule has 0 fully saturated rings. The Kier molecular flexibility index (Phi) is 2.63. The second-order valence-corrected chi connectivity index (χ2v) is 4.11. The first kappa shape index (κ1) is 10.4. The molecule has 0 aliphatic carbocycles. The number of fused-ring (bicyclic) bond motifs is 1. The van der Waals surface area contributed by atoms with E-state index in [1.807, 2.05) is 32.0 Å². The van der Waals surface area contributed by atoms with E-state index in [0.29, 0.717) is 5.02 Å². The van der Waals surface area contributed by atoms with E-state index < -0.39 is 0 Å². The van der Waals surface area contributed by atoms with E-state index in [4.69, 9.17) is 16.7 Å². The standard InChI is InChI=1S/C12H12ClNO/c1-7-3-10-11(13)4-8(2)14-12(10)5-9(7)6-15/h3-5,15H,6H2,1-2H3. The maximum Gasteiger partial charge on any atom is 0.0723 e. The molecule has 78 valence electrons. The summed E-state index contributed by atoms with van der Waals surface area (Å²) in [4.78, 5) is 4.39. The molecule has 0 saturated heterocycles. The highest BCUT2D eigenvalue weighted by atomic mass is 35.5. The molecule has 15 heavy (non-hydrogen) atoms. The molecule has 1 aromatic carbocycles. The fraction of sp³-hybridized carbons (Fsp3) is 0.250. The highest BCUT2D eigenvalue weighted by Gasteiger charge is 2.05. The van der Waals surface area contributed by atoms with Gasteiger partial charge in [-0.2, -0.15) is 0 Å². The summed E-state index contributed by atoms with van der Waals surface area (Å²) in [5, 5.41) is 10.8. The van der Waals surface area contributed by atoms with Crippen molar-refractivity contribution in [3.63, 3.8) is 0 Å². The first-order valence-corrected chi connectivity index (χ1v) is 5.17. The van der Waals surface area contributed by atoms with Gasteiger partial charge in [0.15, 0.2) is 0 Å². The zero-order valence-electron chi connectivity index (χ0n) is 8.71. The molecule has 0 aliphatic rings. The third-order valence-electron chi connectivity index (χ3n) is 2.51. The normalized spacial score (nSPS) is 10.9. The van der Waals surface area contributed by atoms with Crippen molar-refractivity contribution < 1.29 is 5.11 Å².